The van der Waals surface area contributed by atoms with Gasteiger partial charge in [0.25, 0.3) is 0 Å². The van der Waals surface area contributed by atoms with Crippen LogP contribution in [0, 0.1) is 18.6 Å². The highest BCUT2D eigenvalue weighted by Crippen LogP contribution is 2.32. The molecule has 1 aliphatic rings. The standard InChI is InChI=1S/C41H40F5N3O3S/c1-27-22-29(28-12-14-32(15-13-28)41(44,45)46)10-11-30(27)24-48(33-16-18-47(19-17-33)20-21-52-2)38(51)25-49-36-9-4-3-7-34(36)37(50)23-39(49)53-26-31-6-5-8-35(42)40(31)43/h3-15,22-23,33H,16-21,24-26H2,1-2H3/i3D,4D,5D,6D,7D,8D,9D,10D,11D,12D,13D,14D,15D,16D2,17D2,18D2,19D2,21D2,22D,23D,25D2,26D2,33D. The van der Waals surface area contributed by atoms with Crippen LogP contribution in [-0.2, 0) is 34.5 Å². The summed E-state index contributed by atoms with van der Waals surface area (Å²) >= 11 is -0.821. The molecular weight excluding hydrogens is 710 g/mol. The van der Waals surface area contributed by atoms with Crippen molar-refractivity contribution in [3.05, 3.63) is 135 Å². The number of likely N-dealkylation sites (tertiary alicyclic amines) is 1. The average molecular weight is 780 g/mol. The zero-order chi connectivity index (χ0) is 64.2. The molecule has 0 N–H and O–H groups in total. The quantitative estimate of drug-likeness (QED) is 0.0938. The Labute approximate surface area is 351 Å². The SMILES string of the molecule is [2H]c1c([2H])c(F)c(F)c(C([2H])([2H])Sc2c([2H])c(=O)c3c([2H])c([2H])c([2H])c([2H])c3n2C([2H])([2H])C(=O)N(Cc2c([2H])c([2H])c(-c3c([2H])c([2H])c(C(F)(F)F)c([2H])c3[2H])c([2H])c2C)C2([2H])C([2H])([2H])C([2H])([2H])N(CC([2H])([2H])OC)C([2H])([2H])C2([2H])[2H])c1[2H]. The first kappa shape index (κ1) is 15.7. The molecule has 0 atom stereocenters. The second-order valence-corrected chi connectivity index (χ2v) is 11.1. The molecular formula is C41H40F5N3O3S. The zero-order valence-corrected chi connectivity index (χ0v) is 27.6. The summed E-state index contributed by atoms with van der Waals surface area (Å²) in [5.74, 6) is -7.45. The number of piperidine rings is 1. The maximum atomic E-state index is 16.0. The molecule has 278 valence electrons. The fourth-order valence-corrected chi connectivity index (χ4v) is 4.98. The van der Waals surface area contributed by atoms with Gasteiger partial charge in [-0.2, -0.15) is 13.2 Å². The third-order valence-corrected chi connectivity index (χ3v) is 7.63. The number of hydrogen-bond donors (Lipinski definition) is 0. The van der Waals surface area contributed by atoms with E-state index in [4.69, 9.17) is 31.5 Å². The topological polar surface area (TPSA) is 54.8 Å². The first-order chi connectivity index (χ1) is 37.3. The Kier molecular flexibility index (Phi) is 4.93. The maximum Gasteiger partial charge on any atom is 0.416 e. The van der Waals surface area contributed by atoms with E-state index in [0.29, 0.717) is 7.11 Å². The first-order valence-corrected chi connectivity index (χ1v) is 15.3. The smallest absolute Gasteiger partial charge is 0.383 e. The summed E-state index contributed by atoms with van der Waals surface area (Å²) in [7, 11) is 0.662. The van der Waals surface area contributed by atoms with E-state index in [1.807, 2.05) is 0 Å². The largest absolute Gasteiger partial charge is 0.416 e. The number of pyridine rings is 1. The minimum absolute atomic E-state index is 0.448. The van der Waals surface area contributed by atoms with E-state index >= 15 is 13.6 Å². The molecule has 1 saturated heterocycles. The zero-order valence-electron chi connectivity index (χ0n) is 56.8. The van der Waals surface area contributed by atoms with Crippen LogP contribution >= 0.6 is 11.8 Å². The van der Waals surface area contributed by atoms with Gasteiger partial charge in [-0.05, 0) is 72.1 Å². The molecule has 1 aromatic heterocycles. The second kappa shape index (κ2) is 16.7. The van der Waals surface area contributed by atoms with Gasteiger partial charge in [0.15, 0.2) is 17.1 Å². The number of para-hydroxylation sites is 1. The second-order valence-electron chi connectivity index (χ2n) is 10.3. The van der Waals surface area contributed by atoms with Crippen LogP contribution in [0.15, 0.2) is 100 Å². The monoisotopic (exact) mass is 779 g/mol. The minimum atomic E-state index is -5.54. The van der Waals surface area contributed by atoms with Crippen molar-refractivity contribution in [1.29, 1.82) is 0 Å². The molecule has 4 aromatic carbocycles. The molecule has 1 fully saturated rings. The number of alkyl halides is 3. The molecule has 53 heavy (non-hydrogen) atoms. The van der Waals surface area contributed by atoms with Crippen LogP contribution < -0.4 is 5.43 Å². The Morgan fingerprint density at radius 3 is 2.43 bits per heavy atom. The van der Waals surface area contributed by atoms with Gasteiger partial charge >= 0.3 is 6.18 Å². The van der Waals surface area contributed by atoms with Crippen molar-refractivity contribution in [3.63, 3.8) is 0 Å². The molecule has 6 rings (SSSR count). The van der Waals surface area contributed by atoms with Crippen LogP contribution in [0.3, 0.4) is 0 Å². The highest BCUT2D eigenvalue weighted by atomic mass is 32.2. The van der Waals surface area contributed by atoms with Gasteiger partial charge < -0.3 is 19.1 Å². The predicted octanol–water partition coefficient (Wildman–Crippen LogP) is 8.71. The number of amides is 1. The molecule has 0 bridgehead atoms. The lowest BCUT2D eigenvalue weighted by molar-refractivity contribution is -0.137. The number of thioether (sulfide) groups is 1. The summed E-state index contributed by atoms with van der Waals surface area (Å²) in [5.41, 5.74) is -15.8. The summed E-state index contributed by atoms with van der Waals surface area (Å²) in [6.07, 6.45) is -14.9. The average Bonchev–Trinajstić information content (AvgIpc) is 3.37. The Morgan fingerprint density at radius 2 is 1.72 bits per heavy atom. The molecule has 12 heteroatoms. The van der Waals surface area contributed by atoms with E-state index < -0.39 is 259 Å². The number of aromatic nitrogens is 1. The van der Waals surface area contributed by atoms with Crippen molar-refractivity contribution >= 4 is 28.6 Å². The van der Waals surface area contributed by atoms with E-state index in [2.05, 4.69) is 4.74 Å². The number of halogens is 5. The van der Waals surface area contributed by atoms with Crippen molar-refractivity contribution in [2.24, 2.45) is 0 Å². The third-order valence-electron chi connectivity index (χ3n) is 6.85. The van der Waals surface area contributed by atoms with Crippen molar-refractivity contribution in [3.8, 4) is 11.1 Å². The molecule has 0 unspecified atom stereocenters. The summed E-state index contributed by atoms with van der Waals surface area (Å²) in [4.78, 5) is 29.0. The molecule has 2 heterocycles. The highest BCUT2D eigenvalue weighted by molar-refractivity contribution is 7.98. The van der Waals surface area contributed by atoms with E-state index in [1.165, 1.54) is 0 Å². The van der Waals surface area contributed by atoms with Crippen molar-refractivity contribution in [2.45, 2.75) is 55.6 Å². The number of methoxy groups -OCH3 is 1. The first-order valence-electron chi connectivity index (χ1n) is 29.5. The third kappa shape index (κ3) is 9.00. The van der Waals surface area contributed by atoms with E-state index in [9.17, 15) is 27.6 Å². The van der Waals surface area contributed by atoms with Crippen molar-refractivity contribution < 1.29 is 72.6 Å². The van der Waals surface area contributed by atoms with Crippen molar-refractivity contribution in [2.75, 3.05) is 33.2 Å². The van der Waals surface area contributed by atoms with E-state index in [-0.39, 0.29) is 0 Å². The fraction of sp³-hybridized carbons (Fsp3) is 0.317. The molecule has 5 aromatic rings. The van der Waals surface area contributed by atoms with Gasteiger partial charge in [-0.1, -0.05) is 54.4 Å². The molecule has 0 radical (unpaired) electrons. The molecule has 1 amide bonds. The summed E-state index contributed by atoms with van der Waals surface area (Å²) in [6, 6.07) is -28.0. The van der Waals surface area contributed by atoms with E-state index in [1.54, 1.807) is 0 Å². The van der Waals surface area contributed by atoms with Crippen LogP contribution in [0.25, 0.3) is 22.0 Å². The van der Waals surface area contributed by atoms with Gasteiger partial charge in [-0.3, -0.25) is 9.59 Å². The van der Waals surface area contributed by atoms with E-state index in [0.717, 1.165) is 6.92 Å². The number of ether oxygens (including phenoxy) is 1. The molecule has 0 spiro atoms. The van der Waals surface area contributed by atoms with Gasteiger partial charge in [-0.15, -0.1) is 11.8 Å². The summed E-state index contributed by atoms with van der Waals surface area (Å²) < 4.78 is 341. The molecule has 0 saturated carbocycles. The minimum Gasteiger partial charge on any atom is -0.383 e. The Hall–Kier alpha value is -4.52. The lowest BCUT2D eigenvalue weighted by Crippen LogP contribution is -2.48. The normalized spacial score (nSPS) is 27.5. The number of fused-ring (bicyclic) bond motifs is 1. The lowest BCUT2D eigenvalue weighted by Gasteiger charge is -2.39. The van der Waals surface area contributed by atoms with Crippen LogP contribution in [0.2, 0.25) is 0 Å². The Morgan fingerprint density at radius 1 is 1.00 bits per heavy atom. The number of carbonyl (C=O) groups is 1. The van der Waals surface area contributed by atoms with Gasteiger partial charge in [0.2, 0.25) is 5.91 Å². The van der Waals surface area contributed by atoms with Gasteiger partial charge in [-0.25, -0.2) is 8.78 Å². The summed E-state index contributed by atoms with van der Waals surface area (Å²) in [5, 5.41) is -3.20. The fourth-order valence-electron chi connectivity index (χ4n) is 4.27. The predicted molar refractivity (Wildman–Crippen MR) is 198 cm³/mol. The number of benzene rings is 4. The van der Waals surface area contributed by atoms with Gasteiger partial charge in [0.05, 0.1) is 50.1 Å². The highest BCUT2D eigenvalue weighted by Gasteiger charge is 2.31. The van der Waals surface area contributed by atoms with Crippen LogP contribution in [0.5, 0.6) is 0 Å². The lowest BCUT2D eigenvalue weighted by atomic mass is 9.97. The number of rotatable bonds is 12. The summed E-state index contributed by atoms with van der Waals surface area (Å²) in [6.45, 7) is -19.9. The van der Waals surface area contributed by atoms with Gasteiger partial charge in [0, 0.05) is 75.6 Å². The van der Waals surface area contributed by atoms with Crippen LogP contribution in [-0.4, -0.2) is 59.5 Å². The van der Waals surface area contributed by atoms with Crippen LogP contribution in [0.1, 0.15) is 76.1 Å². The Balaban J connectivity index is 1.82. The number of carbonyl (C=O) groups excluding carboxylic acids is 1. The molecule has 0 aliphatic carbocycles. The Bertz CT molecular complexity index is 3560. The van der Waals surface area contributed by atoms with Gasteiger partial charge in [0.1, 0.15) is 6.50 Å². The molecule has 1 aliphatic heterocycles. The molecule has 6 nitrogen and oxygen atoms in total. The van der Waals surface area contributed by atoms with Crippen LogP contribution in [0.4, 0.5) is 22.0 Å². The number of nitrogens with zero attached hydrogens (tertiary/aromatic N) is 3. The maximum absolute atomic E-state index is 16.0. The number of hydrogen-bond acceptors (Lipinski definition) is 5. The van der Waals surface area contributed by atoms with Crippen molar-refractivity contribution in [1.82, 2.24) is 14.4 Å².